The zero-order valence-electron chi connectivity index (χ0n) is 10.1. The Morgan fingerprint density at radius 3 is 2.72 bits per heavy atom. The van der Waals surface area contributed by atoms with Crippen molar-refractivity contribution in [2.24, 2.45) is 5.73 Å². The standard InChI is InChI=1S/C13H15N3O2/c1-18-13(17)11(14)8-9-2-4-10(5-3-9)12-15-6-7-16-12/h2-7,11H,8,14H2,1H3,(H,15,16)/t11-/m0/s1. The maximum absolute atomic E-state index is 11.2. The van der Waals surface area contributed by atoms with E-state index >= 15 is 0 Å². The molecule has 1 atom stereocenters. The fourth-order valence-electron chi connectivity index (χ4n) is 1.71. The predicted octanol–water partition coefficient (Wildman–Crippen LogP) is 1.12. The van der Waals surface area contributed by atoms with Gasteiger partial charge in [0.15, 0.2) is 0 Å². The highest BCUT2D eigenvalue weighted by molar-refractivity contribution is 5.75. The van der Waals surface area contributed by atoms with Crippen LogP contribution in [-0.4, -0.2) is 29.1 Å². The van der Waals surface area contributed by atoms with Crippen molar-refractivity contribution in [3.8, 4) is 11.4 Å². The van der Waals surface area contributed by atoms with Gasteiger partial charge in [-0.3, -0.25) is 4.79 Å². The molecule has 0 saturated carbocycles. The average molecular weight is 245 g/mol. The number of rotatable bonds is 4. The Bertz CT molecular complexity index is 506. The van der Waals surface area contributed by atoms with E-state index in [0.29, 0.717) is 6.42 Å². The summed E-state index contributed by atoms with van der Waals surface area (Å²) in [5.74, 6) is 0.420. The Morgan fingerprint density at radius 2 is 2.17 bits per heavy atom. The molecule has 0 unspecified atom stereocenters. The second kappa shape index (κ2) is 5.46. The molecule has 0 radical (unpaired) electrons. The molecule has 0 aliphatic rings. The zero-order valence-corrected chi connectivity index (χ0v) is 10.1. The molecule has 0 aliphatic carbocycles. The molecule has 94 valence electrons. The summed E-state index contributed by atoms with van der Waals surface area (Å²) in [6.45, 7) is 0. The minimum atomic E-state index is -0.621. The van der Waals surface area contributed by atoms with Crippen molar-refractivity contribution in [1.82, 2.24) is 9.97 Å². The Labute approximate surface area is 105 Å². The van der Waals surface area contributed by atoms with E-state index in [1.165, 1.54) is 7.11 Å². The lowest BCUT2D eigenvalue weighted by Crippen LogP contribution is -2.33. The van der Waals surface area contributed by atoms with Crippen molar-refractivity contribution in [3.05, 3.63) is 42.2 Å². The van der Waals surface area contributed by atoms with Crippen LogP contribution in [-0.2, 0) is 16.0 Å². The van der Waals surface area contributed by atoms with Gasteiger partial charge in [0, 0.05) is 18.0 Å². The van der Waals surface area contributed by atoms with Gasteiger partial charge in [-0.1, -0.05) is 24.3 Å². The largest absolute Gasteiger partial charge is 0.468 e. The Kier molecular flexibility index (Phi) is 3.74. The molecule has 0 fully saturated rings. The molecule has 0 amide bonds. The first-order valence-electron chi connectivity index (χ1n) is 5.63. The van der Waals surface area contributed by atoms with E-state index in [4.69, 9.17) is 5.73 Å². The van der Waals surface area contributed by atoms with Gasteiger partial charge in [0.05, 0.1) is 7.11 Å². The van der Waals surface area contributed by atoms with Crippen LogP contribution in [0.4, 0.5) is 0 Å². The SMILES string of the molecule is COC(=O)[C@@H](N)Cc1ccc(-c2ncc[nH]2)cc1. The highest BCUT2D eigenvalue weighted by atomic mass is 16.5. The van der Waals surface area contributed by atoms with Crippen LogP contribution >= 0.6 is 0 Å². The molecule has 1 heterocycles. The number of esters is 1. The van der Waals surface area contributed by atoms with Gasteiger partial charge in [-0.15, -0.1) is 0 Å². The van der Waals surface area contributed by atoms with Crippen LogP contribution in [0, 0.1) is 0 Å². The van der Waals surface area contributed by atoms with Gasteiger partial charge in [0.25, 0.3) is 0 Å². The van der Waals surface area contributed by atoms with Gasteiger partial charge >= 0.3 is 5.97 Å². The van der Waals surface area contributed by atoms with Crippen LogP contribution in [0.25, 0.3) is 11.4 Å². The summed E-state index contributed by atoms with van der Waals surface area (Å²) in [7, 11) is 1.34. The van der Waals surface area contributed by atoms with Crippen LogP contribution in [0.1, 0.15) is 5.56 Å². The van der Waals surface area contributed by atoms with E-state index in [1.807, 2.05) is 24.3 Å². The van der Waals surface area contributed by atoms with Crippen LogP contribution < -0.4 is 5.73 Å². The second-order valence-corrected chi connectivity index (χ2v) is 3.97. The smallest absolute Gasteiger partial charge is 0.322 e. The first kappa shape index (κ1) is 12.3. The molecule has 0 spiro atoms. The number of nitrogens with one attached hydrogen (secondary N) is 1. The van der Waals surface area contributed by atoms with Gasteiger partial charge in [-0.05, 0) is 12.0 Å². The summed E-state index contributed by atoms with van der Waals surface area (Å²) in [6.07, 6.45) is 3.94. The third-order valence-corrected chi connectivity index (χ3v) is 2.69. The molecule has 18 heavy (non-hydrogen) atoms. The molecule has 1 aromatic heterocycles. The Morgan fingerprint density at radius 1 is 1.44 bits per heavy atom. The number of imidazole rings is 1. The fourth-order valence-corrected chi connectivity index (χ4v) is 1.71. The van der Waals surface area contributed by atoms with Gasteiger partial charge in [0.2, 0.25) is 0 Å². The first-order valence-corrected chi connectivity index (χ1v) is 5.63. The number of benzene rings is 1. The normalized spacial score (nSPS) is 12.1. The maximum Gasteiger partial charge on any atom is 0.322 e. The lowest BCUT2D eigenvalue weighted by Gasteiger charge is -2.09. The van der Waals surface area contributed by atoms with Crippen molar-refractivity contribution >= 4 is 5.97 Å². The first-order chi connectivity index (χ1) is 8.70. The van der Waals surface area contributed by atoms with Crippen molar-refractivity contribution in [2.45, 2.75) is 12.5 Å². The van der Waals surface area contributed by atoms with E-state index in [1.54, 1.807) is 12.4 Å². The monoisotopic (exact) mass is 245 g/mol. The summed E-state index contributed by atoms with van der Waals surface area (Å²) < 4.78 is 4.59. The summed E-state index contributed by atoms with van der Waals surface area (Å²) in [4.78, 5) is 18.4. The van der Waals surface area contributed by atoms with Crippen molar-refractivity contribution < 1.29 is 9.53 Å². The average Bonchev–Trinajstić information content (AvgIpc) is 2.92. The highest BCUT2D eigenvalue weighted by Gasteiger charge is 2.14. The minimum absolute atomic E-state index is 0.398. The number of nitrogens with two attached hydrogens (primary N) is 1. The molecule has 3 N–H and O–H groups in total. The number of ether oxygens (including phenoxy) is 1. The van der Waals surface area contributed by atoms with Crippen molar-refractivity contribution in [3.63, 3.8) is 0 Å². The maximum atomic E-state index is 11.2. The predicted molar refractivity (Wildman–Crippen MR) is 67.7 cm³/mol. The van der Waals surface area contributed by atoms with Gasteiger partial charge in [-0.2, -0.15) is 0 Å². The number of carbonyl (C=O) groups is 1. The number of H-pyrrole nitrogens is 1. The molecular weight excluding hydrogens is 230 g/mol. The number of nitrogens with zero attached hydrogens (tertiary/aromatic N) is 1. The molecule has 1 aromatic carbocycles. The van der Waals surface area contributed by atoms with Crippen LogP contribution in [0.5, 0.6) is 0 Å². The number of aromatic amines is 1. The lowest BCUT2D eigenvalue weighted by atomic mass is 10.0. The molecule has 0 saturated heterocycles. The molecule has 5 heteroatoms. The fraction of sp³-hybridized carbons (Fsp3) is 0.231. The highest BCUT2D eigenvalue weighted by Crippen LogP contribution is 2.15. The number of hydrogen-bond donors (Lipinski definition) is 2. The number of hydrogen-bond acceptors (Lipinski definition) is 4. The topological polar surface area (TPSA) is 81.0 Å². The molecular formula is C13H15N3O2. The van der Waals surface area contributed by atoms with Gasteiger partial charge < -0.3 is 15.5 Å². The van der Waals surface area contributed by atoms with Crippen LogP contribution in [0.3, 0.4) is 0 Å². The molecule has 5 nitrogen and oxygen atoms in total. The van der Waals surface area contributed by atoms with Crippen molar-refractivity contribution in [2.75, 3.05) is 7.11 Å². The lowest BCUT2D eigenvalue weighted by molar-refractivity contribution is -0.142. The van der Waals surface area contributed by atoms with Gasteiger partial charge in [-0.25, -0.2) is 4.98 Å². The van der Waals surface area contributed by atoms with Crippen LogP contribution in [0.2, 0.25) is 0 Å². The summed E-state index contributed by atoms with van der Waals surface area (Å²) in [5, 5.41) is 0. The number of methoxy groups -OCH3 is 1. The third kappa shape index (κ3) is 2.75. The zero-order chi connectivity index (χ0) is 13.0. The van der Waals surface area contributed by atoms with E-state index in [0.717, 1.165) is 17.0 Å². The Balaban J connectivity index is 2.06. The summed E-state index contributed by atoms with van der Waals surface area (Å²) >= 11 is 0. The Hall–Kier alpha value is -2.14. The van der Waals surface area contributed by atoms with Crippen molar-refractivity contribution in [1.29, 1.82) is 0 Å². The summed E-state index contributed by atoms with van der Waals surface area (Å²) in [5.41, 5.74) is 7.68. The van der Waals surface area contributed by atoms with E-state index in [9.17, 15) is 4.79 Å². The van der Waals surface area contributed by atoms with Gasteiger partial charge in [0.1, 0.15) is 11.9 Å². The van der Waals surface area contributed by atoms with Crippen LogP contribution in [0.15, 0.2) is 36.7 Å². The minimum Gasteiger partial charge on any atom is -0.468 e. The third-order valence-electron chi connectivity index (χ3n) is 2.69. The number of aromatic nitrogens is 2. The second-order valence-electron chi connectivity index (χ2n) is 3.97. The molecule has 0 aliphatic heterocycles. The van der Waals surface area contributed by atoms with E-state index in [2.05, 4.69) is 14.7 Å². The number of carbonyl (C=O) groups excluding carboxylic acids is 1. The quantitative estimate of drug-likeness (QED) is 0.791. The van der Waals surface area contributed by atoms with E-state index < -0.39 is 12.0 Å². The molecule has 2 rings (SSSR count). The molecule has 2 aromatic rings. The molecule has 0 bridgehead atoms. The van der Waals surface area contributed by atoms with E-state index in [-0.39, 0.29) is 0 Å². The summed E-state index contributed by atoms with van der Waals surface area (Å²) in [6, 6.07) is 7.13.